The van der Waals surface area contributed by atoms with Crippen LogP contribution in [-0.4, -0.2) is 120 Å². The number of fused-ring (bicyclic) bond motifs is 4. The molecule has 6 aliphatic rings. The predicted molar refractivity (Wildman–Crippen MR) is 289 cm³/mol. The molecule has 4 bridgehead atoms. The largest absolute Gasteiger partial charge is 0.497 e. The quantitative estimate of drug-likeness (QED) is 0.164. The molecule has 0 saturated carbocycles. The Bertz CT molecular complexity index is 2180. The van der Waals surface area contributed by atoms with Crippen molar-refractivity contribution >= 4 is 45.9 Å². The number of methoxy groups -OCH3 is 4. The van der Waals surface area contributed by atoms with Gasteiger partial charge in [-0.2, -0.15) is 0 Å². The Labute approximate surface area is 447 Å². The number of ether oxygens (including phenoxy) is 8. The van der Waals surface area contributed by atoms with Crippen LogP contribution in [0.25, 0.3) is 0 Å². The zero-order chi connectivity index (χ0) is 52.8. The van der Waals surface area contributed by atoms with Gasteiger partial charge in [0.15, 0.2) is 11.6 Å². The summed E-state index contributed by atoms with van der Waals surface area (Å²) in [6.07, 6.45) is 20.2. The fraction of sp³-hybridized carbons (Fsp3) is 0.586. The van der Waals surface area contributed by atoms with Crippen LogP contribution < -0.4 is 9.47 Å². The van der Waals surface area contributed by atoms with Gasteiger partial charge in [0.05, 0.1) is 38.5 Å². The molecule has 14 nitrogen and oxygen atoms in total. The van der Waals surface area contributed by atoms with Crippen molar-refractivity contribution in [2.24, 2.45) is 11.8 Å². The SMILES string of the molecule is COc1ccc(CN2C(=O)SC[C@H]2[C@@]2(OC)C[C@H]3C[C@@H](CC[C@H](C)/C=C/CC/C(C)=C\C(=O)O3)O2)cc1.COc1ccc(CN2C(=O)SC[C@H]2[C@@]2(OC)C[C@H]3C[C@@H](CC[C@H](C)/C=C\CC/C(C)=C\C(=O)O3)O2)cc1. The Kier molecular flexibility index (Phi) is 20.8. The average Bonchev–Trinajstić information content (AvgIpc) is 3.95. The molecular weight excluding hydrogens is 981 g/mol. The molecule has 2 aromatic rings. The molecule has 0 N–H and O–H groups in total. The van der Waals surface area contributed by atoms with E-state index in [1.165, 1.54) is 23.5 Å². The zero-order valence-corrected chi connectivity index (χ0v) is 46.3. The molecule has 16 heteroatoms. The summed E-state index contributed by atoms with van der Waals surface area (Å²) < 4.78 is 48.2. The van der Waals surface area contributed by atoms with Gasteiger partial charge in [-0.25, -0.2) is 9.59 Å². The highest BCUT2D eigenvalue weighted by Crippen LogP contribution is 2.45. The van der Waals surface area contributed by atoms with E-state index < -0.39 is 11.6 Å². The number of benzene rings is 2. The molecule has 6 aliphatic heterocycles. The van der Waals surface area contributed by atoms with Gasteiger partial charge in [-0.05, 0) is 112 Å². The number of nitrogens with zero attached hydrogens (tertiary/aromatic N) is 2. The summed E-state index contributed by atoms with van der Waals surface area (Å²) >= 11 is 2.56. The molecule has 10 atom stereocenters. The lowest BCUT2D eigenvalue weighted by molar-refractivity contribution is -0.306. The first-order valence-corrected chi connectivity index (χ1v) is 28.3. The Hall–Kier alpha value is -4.58. The third-order valence-corrected chi connectivity index (χ3v) is 16.9. The molecule has 6 heterocycles. The molecule has 0 radical (unpaired) electrons. The van der Waals surface area contributed by atoms with Crippen molar-refractivity contribution in [3.05, 3.63) is 107 Å². The molecule has 74 heavy (non-hydrogen) atoms. The second-order valence-electron chi connectivity index (χ2n) is 20.7. The summed E-state index contributed by atoms with van der Waals surface area (Å²) in [5, 5.41) is -0.00746. The second-order valence-corrected chi connectivity index (χ2v) is 22.6. The van der Waals surface area contributed by atoms with Crippen molar-refractivity contribution < 1.29 is 57.1 Å². The maximum absolute atomic E-state index is 13.0. The molecular formula is C58H78N2O12S2. The van der Waals surface area contributed by atoms with Crippen LogP contribution in [-0.2, 0) is 51.1 Å². The monoisotopic (exact) mass is 1060 g/mol. The van der Waals surface area contributed by atoms with E-state index in [-0.39, 0.29) is 58.9 Å². The standard InChI is InChI=1S/2C29H39NO6S/c2*1-20-7-5-6-8-21(2)15-27(31)35-25-16-24(12-9-20)36-29(17-25,34-4)26-19-37-28(32)30(26)18-22-10-13-23(33-3)14-11-22/h2*5,7,10-11,13-15,20,24-26H,6,8-9,12,16-19H2,1-4H3/b7-5+,21-15-;7-5-,21-15-/t2*20-,24-,25-,26+,29-/m11/s1. The number of carbonyl (C=O) groups excluding carboxylic acids is 4. The molecule has 404 valence electrons. The van der Waals surface area contributed by atoms with Crippen molar-refractivity contribution in [3.63, 3.8) is 0 Å². The molecule has 0 spiro atoms. The number of allylic oxidation sites excluding steroid dienone is 6. The molecule has 0 aromatic heterocycles. The van der Waals surface area contributed by atoms with E-state index >= 15 is 0 Å². The van der Waals surface area contributed by atoms with Crippen LogP contribution >= 0.6 is 23.5 Å². The Morgan fingerprint density at radius 1 is 0.568 bits per heavy atom. The minimum atomic E-state index is -1.06. The van der Waals surface area contributed by atoms with E-state index in [2.05, 4.69) is 38.2 Å². The number of carbonyl (C=O) groups is 4. The first-order valence-electron chi connectivity index (χ1n) is 26.3. The molecule has 2 aromatic carbocycles. The Morgan fingerprint density at radius 2 is 0.959 bits per heavy atom. The molecule has 0 aliphatic carbocycles. The van der Waals surface area contributed by atoms with Gasteiger partial charge in [-0.15, -0.1) is 0 Å². The van der Waals surface area contributed by atoms with Gasteiger partial charge in [0.1, 0.15) is 23.7 Å². The number of thioether (sulfide) groups is 2. The summed E-state index contributed by atoms with van der Waals surface area (Å²) in [4.78, 5) is 55.3. The van der Waals surface area contributed by atoms with E-state index in [0.717, 1.165) is 85.1 Å². The van der Waals surface area contributed by atoms with Gasteiger partial charge >= 0.3 is 11.9 Å². The minimum Gasteiger partial charge on any atom is -0.497 e. The average molecular weight is 1060 g/mol. The van der Waals surface area contributed by atoms with Crippen molar-refractivity contribution in [2.75, 3.05) is 39.9 Å². The third-order valence-electron chi connectivity index (χ3n) is 15.0. The van der Waals surface area contributed by atoms with E-state index in [1.54, 1.807) is 40.6 Å². The molecule has 2 amide bonds. The van der Waals surface area contributed by atoms with Crippen LogP contribution in [0.4, 0.5) is 9.59 Å². The second kappa shape index (κ2) is 27.0. The first kappa shape index (κ1) is 57.1. The zero-order valence-electron chi connectivity index (χ0n) is 44.6. The van der Waals surface area contributed by atoms with Gasteiger partial charge in [0, 0.05) is 76.7 Å². The summed E-state index contributed by atoms with van der Waals surface area (Å²) in [7, 11) is 6.53. The van der Waals surface area contributed by atoms with Gasteiger partial charge < -0.3 is 47.7 Å². The highest BCUT2D eigenvalue weighted by Gasteiger charge is 2.56. The highest BCUT2D eigenvalue weighted by atomic mass is 32.2. The normalized spacial score (nSPS) is 33.7. The smallest absolute Gasteiger partial charge is 0.330 e. The van der Waals surface area contributed by atoms with Gasteiger partial charge in [0.25, 0.3) is 10.5 Å². The maximum atomic E-state index is 13.0. The van der Waals surface area contributed by atoms with Crippen LogP contribution in [0.2, 0.25) is 0 Å². The van der Waals surface area contributed by atoms with Crippen LogP contribution in [0, 0.1) is 11.8 Å². The van der Waals surface area contributed by atoms with Crippen molar-refractivity contribution in [2.45, 2.75) is 166 Å². The number of amides is 2. The van der Waals surface area contributed by atoms with Crippen LogP contribution in [0.3, 0.4) is 0 Å². The summed E-state index contributed by atoms with van der Waals surface area (Å²) in [6, 6.07) is 14.8. The van der Waals surface area contributed by atoms with Crippen molar-refractivity contribution in [1.29, 1.82) is 0 Å². The number of rotatable bonds is 10. The number of hydrogen-bond donors (Lipinski definition) is 0. The van der Waals surface area contributed by atoms with Crippen LogP contribution in [0.15, 0.2) is 96.1 Å². The lowest BCUT2D eigenvalue weighted by atomic mass is 9.89. The summed E-state index contributed by atoms with van der Waals surface area (Å²) in [5.74, 6) is 0.713. The number of esters is 2. The number of hydrogen-bond acceptors (Lipinski definition) is 14. The lowest BCUT2D eigenvalue weighted by Gasteiger charge is -2.48. The van der Waals surface area contributed by atoms with E-state index in [4.69, 9.17) is 37.9 Å². The maximum Gasteiger partial charge on any atom is 0.330 e. The fourth-order valence-electron chi connectivity index (χ4n) is 10.8. The van der Waals surface area contributed by atoms with Crippen LogP contribution in [0.1, 0.15) is 116 Å². The molecule has 0 unspecified atom stereocenters. The lowest BCUT2D eigenvalue weighted by Crippen LogP contribution is -2.60. The van der Waals surface area contributed by atoms with E-state index in [1.807, 2.05) is 72.2 Å². The van der Waals surface area contributed by atoms with Gasteiger partial charge in [-0.1, -0.05) is 97.1 Å². The van der Waals surface area contributed by atoms with Gasteiger partial charge in [-0.3, -0.25) is 9.59 Å². The van der Waals surface area contributed by atoms with E-state index in [9.17, 15) is 19.2 Å². The predicted octanol–water partition coefficient (Wildman–Crippen LogP) is 11.8. The molecule has 4 saturated heterocycles. The van der Waals surface area contributed by atoms with Gasteiger partial charge in [0.2, 0.25) is 0 Å². The van der Waals surface area contributed by atoms with Crippen molar-refractivity contribution in [1.82, 2.24) is 9.80 Å². The topological polar surface area (TPSA) is 149 Å². The summed E-state index contributed by atoms with van der Waals surface area (Å²) in [5.41, 5.74) is 4.01. The fourth-order valence-corrected chi connectivity index (χ4v) is 13.0. The van der Waals surface area contributed by atoms with Crippen LogP contribution in [0.5, 0.6) is 11.5 Å². The Balaban J connectivity index is 0.000000216. The minimum absolute atomic E-state index is 0.00373. The third kappa shape index (κ3) is 15.3. The molecule has 8 rings (SSSR count). The summed E-state index contributed by atoms with van der Waals surface area (Å²) in [6.45, 7) is 9.25. The first-order chi connectivity index (χ1) is 35.6. The molecule has 4 fully saturated rings. The Morgan fingerprint density at radius 3 is 1.32 bits per heavy atom. The highest BCUT2D eigenvalue weighted by molar-refractivity contribution is 8.14. The van der Waals surface area contributed by atoms with Crippen molar-refractivity contribution in [3.8, 4) is 11.5 Å². The van der Waals surface area contributed by atoms with E-state index in [0.29, 0.717) is 62.1 Å².